The molecule has 0 spiro atoms. The molecule has 106 valence electrons. The molecular weight excluding hydrogens is 254 g/mol. The summed E-state index contributed by atoms with van der Waals surface area (Å²) >= 11 is 0. The first kappa shape index (κ1) is 14.4. The molecule has 4 heteroatoms. The van der Waals surface area contributed by atoms with E-state index in [1.165, 1.54) is 0 Å². The van der Waals surface area contributed by atoms with E-state index in [0.29, 0.717) is 23.6 Å². The molecule has 3 N–H and O–H groups in total. The van der Waals surface area contributed by atoms with Crippen molar-refractivity contribution >= 4 is 0 Å². The zero-order chi connectivity index (χ0) is 14.4. The number of hydrogen-bond acceptors (Lipinski definition) is 4. The Balaban J connectivity index is 2.34. The van der Waals surface area contributed by atoms with Gasteiger partial charge in [-0.25, -0.2) is 0 Å². The van der Waals surface area contributed by atoms with Crippen LogP contribution in [0.15, 0.2) is 54.6 Å². The molecule has 1 unspecified atom stereocenters. The summed E-state index contributed by atoms with van der Waals surface area (Å²) in [6.07, 6.45) is 0.287. The normalized spacial score (nSPS) is 13.6. The monoisotopic (exact) mass is 273 g/mol. The minimum Gasteiger partial charge on any atom is -0.493 e. The van der Waals surface area contributed by atoms with Gasteiger partial charge in [-0.05, 0) is 18.7 Å². The van der Waals surface area contributed by atoms with E-state index in [2.05, 4.69) is 0 Å². The predicted octanol–water partition coefficient (Wildman–Crippen LogP) is 2.27. The number of para-hydroxylation sites is 2. The first-order valence-electron chi connectivity index (χ1n) is 6.49. The molecule has 0 aromatic heterocycles. The maximum Gasteiger partial charge on any atom is 0.236 e. The van der Waals surface area contributed by atoms with Gasteiger partial charge in [-0.15, -0.1) is 0 Å². The Hall–Kier alpha value is -2.04. The van der Waals surface area contributed by atoms with E-state index in [4.69, 9.17) is 15.2 Å². The van der Waals surface area contributed by atoms with Crippen LogP contribution in [0.5, 0.6) is 11.5 Å². The van der Waals surface area contributed by atoms with Gasteiger partial charge in [-0.2, -0.15) is 0 Å². The van der Waals surface area contributed by atoms with Crippen LogP contribution in [-0.2, 0) is 5.79 Å². The lowest BCUT2D eigenvalue weighted by Crippen LogP contribution is -2.35. The van der Waals surface area contributed by atoms with Crippen LogP contribution in [0, 0.1) is 0 Å². The van der Waals surface area contributed by atoms with Gasteiger partial charge >= 0.3 is 0 Å². The Kier molecular flexibility index (Phi) is 4.61. The van der Waals surface area contributed by atoms with Gasteiger partial charge < -0.3 is 20.3 Å². The number of hydrogen-bond donors (Lipinski definition) is 2. The molecule has 0 aliphatic rings. The van der Waals surface area contributed by atoms with E-state index in [0.717, 1.165) is 0 Å². The molecule has 4 nitrogen and oxygen atoms in total. The van der Waals surface area contributed by atoms with E-state index in [1.54, 1.807) is 19.2 Å². The average Bonchev–Trinajstić information content (AvgIpc) is 2.49. The standard InChI is InChI=1S/C16H19NO3/c1-19-14-9-5-6-10-15(14)20-16(18,11-12-17)13-7-3-2-4-8-13/h2-10,18H,11-12,17H2,1H3. The molecular formula is C16H19NO3. The molecule has 0 bridgehead atoms. The van der Waals surface area contributed by atoms with Crippen LogP contribution in [0.1, 0.15) is 12.0 Å². The third-order valence-electron chi connectivity index (χ3n) is 3.06. The fourth-order valence-corrected chi connectivity index (χ4v) is 2.03. The molecule has 0 saturated carbocycles. The number of ether oxygens (including phenoxy) is 2. The first-order chi connectivity index (χ1) is 9.69. The molecule has 0 saturated heterocycles. The van der Waals surface area contributed by atoms with Crippen molar-refractivity contribution in [3.05, 3.63) is 60.2 Å². The Bertz CT molecular complexity index is 544. The van der Waals surface area contributed by atoms with Gasteiger partial charge in [-0.3, -0.25) is 0 Å². The third kappa shape index (κ3) is 3.10. The Morgan fingerprint density at radius 1 is 1.00 bits per heavy atom. The second kappa shape index (κ2) is 6.41. The second-order valence-electron chi connectivity index (χ2n) is 4.44. The molecule has 0 radical (unpaired) electrons. The van der Waals surface area contributed by atoms with Crippen LogP contribution < -0.4 is 15.2 Å². The molecule has 1 atom stereocenters. The summed E-state index contributed by atoms with van der Waals surface area (Å²) in [4.78, 5) is 0. The Morgan fingerprint density at radius 2 is 1.60 bits per heavy atom. The zero-order valence-electron chi connectivity index (χ0n) is 11.5. The van der Waals surface area contributed by atoms with Crippen LogP contribution in [0.4, 0.5) is 0 Å². The number of nitrogens with two attached hydrogens (primary N) is 1. The van der Waals surface area contributed by atoms with Crippen molar-refractivity contribution in [3.8, 4) is 11.5 Å². The lowest BCUT2D eigenvalue weighted by atomic mass is 10.0. The second-order valence-corrected chi connectivity index (χ2v) is 4.44. The first-order valence-corrected chi connectivity index (χ1v) is 6.49. The van der Waals surface area contributed by atoms with E-state index >= 15 is 0 Å². The summed E-state index contributed by atoms with van der Waals surface area (Å²) in [5.41, 5.74) is 6.27. The van der Waals surface area contributed by atoms with E-state index in [-0.39, 0.29) is 6.42 Å². The maximum absolute atomic E-state index is 10.8. The summed E-state index contributed by atoms with van der Waals surface area (Å²) in [6.45, 7) is 0.306. The van der Waals surface area contributed by atoms with Crippen LogP contribution in [0.25, 0.3) is 0 Å². The molecule has 0 amide bonds. The van der Waals surface area contributed by atoms with E-state index < -0.39 is 5.79 Å². The summed E-state index contributed by atoms with van der Waals surface area (Å²) in [5, 5.41) is 10.8. The highest BCUT2D eigenvalue weighted by Gasteiger charge is 2.31. The van der Waals surface area contributed by atoms with Crippen molar-refractivity contribution in [3.63, 3.8) is 0 Å². The van der Waals surface area contributed by atoms with Crippen molar-refractivity contribution in [1.82, 2.24) is 0 Å². The van der Waals surface area contributed by atoms with E-state index in [9.17, 15) is 5.11 Å². The van der Waals surface area contributed by atoms with Crippen LogP contribution >= 0.6 is 0 Å². The van der Waals surface area contributed by atoms with Gasteiger partial charge in [0.15, 0.2) is 11.5 Å². The lowest BCUT2D eigenvalue weighted by molar-refractivity contribution is -0.150. The Labute approximate surface area is 118 Å². The van der Waals surface area contributed by atoms with Crippen molar-refractivity contribution < 1.29 is 14.6 Å². The zero-order valence-corrected chi connectivity index (χ0v) is 11.5. The molecule has 0 aliphatic carbocycles. The highest BCUT2D eigenvalue weighted by Crippen LogP contribution is 2.34. The van der Waals surface area contributed by atoms with Gasteiger partial charge in [0.1, 0.15) is 0 Å². The van der Waals surface area contributed by atoms with Gasteiger partial charge in [-0.1, -0.05) is 42.5 Å². The van der Waals surface area contributed by atoms with Crippen molar-refractivity contribution in [2.24, 2.45) is 5.73 Å². The minimum absolute atomic E-state index is 0.287. The van der Waals surface area contributed by atoms with Gasteiger partial charge in [0.2, 0.25) is 5.79 Å². The number of rotatable bonds is 6. The largest absolute Gasteiger partial charge is 0.493 e. The fraction of sp³-hybridized carbons (Fsp3) is 0.250. The SMILES string of the molecule is COc1ccccc1OC(O)(CCN)c1ccccc1. The van der Waals surface area contributed by atoms with Gasteiger partial charge in [0.05, 0.1) is 7.11 Å². The number of benzene rings is 2. The molecule has 2 aromatic carbocycles. The molecule has 0 fully saturated rings. The van der Waals surface area contributed by atoms with Gasteiger partial charge in [0.25, 0.3) is 0 Å². The molecule has 20 heavy (non-hydrogen) atoms. The molecule has 2 rings (SSSR count). The Morgan fingerprint density at radius 3 is 2.20 bits per heavy atom. The quantitative estimate of drug-likeness (QED) is 0.792. The van der Waals surface area contributed by atoms with Gasteiger partial charge in [0, 0.05) is 12.0 Å². The smallest absolute Gasteiger partial charge is 0.236 e. The van der Waals surface area contributed by atoms with Crippen molar-refractivity contribution in [2.75, 3.05) is 13.7 Å². The maximum atomic E-state index is 10.8. The molecule has 0 aliphatic heterocycles. The van der Waals surface area contributed by atoms with E-state index in [1.807, 2.05) is 42.5 Å². The predicted molar refractivity (Wildman–Crippen MR) is 77.6 cm³/mol. The van der Waals surface area contributed by atoms with Crippen LogP contribution in [0.3, 0.4) is 0 Å². The topological polar surface area (TPSA) is 64.7 Å². The van der Waals surface area contributed by atoms with Crippen LogP contribution in [-0.4, -0.2) is 18.8 Å². The highest BCUT2D eigenvalue weighted by atomic mass is 16.6. The third-order valence-corrected chi connectivity index (χ3v) is 3.06. The average molecular weight is 273 g/mol. The van der Waals surface area contributed by atoms with Crippen LogP contribution in [0.2, 0.25) is 0 Å². The fourth-order valence-electron chi connectivity index (χ4n) is 2.03. The number of aliphatic hydroxyl groups is 1. The summed E-state index contributed by atoms with van der Waals surface area (Å²) in [6, 6.07) is 16.4. The van der Waals surface area contributed by atoms with Crippen molar-refractivity contribution in [2.45, 2.75) is 12.2 Å². The molecule has 0 heterocycles. The minimum atomic E-state index is -1.47. The summed E-state index contributed by atoms with van der Waals surface area (Å²) in [5.74, 6) is -0.418. The van der Waals surface area contributed by atoms with Crippen molar-refractivity contribution in [1.29, 1.82) is 0 Å². The summed E-state index contributed by atoms with van der Waals surface area (Å²) in [7, 11) is 1.56. The molecule has 2 aromatic rings. The number of methoxy groups -OCH3 is 1. The highest BCUT2D eigenvalue weighted by molar-refractivity contribution is 5.40. The lowest BCUT2D eigenvalue weighted by Gasteiger charge is -2.29. The summed E-state index contributed by atoms with van der Waals surface area (Å²) < 4.78 is 11.0.